The maximum absolute atomic E-state index is 11.4. The maximum Gasteiger partial charge on any atom is 0.203 e. The Bertz CT molecular complexity index is 545. The van der Waals surface area contributed by atoms with E-state index in [4.69, 9.17) is 0 Å². The molecule has 0 saturated heterocycles. The lowest BCUT2D eigenvalue weighted by Crippen LogP contribution is -2.27. The minimum atomic E-state index is -2.97. The first-order valence-electron chi connectivity index (χ1n) is 7.35. The van der Waals surface area contributed by atoms with E-state index in [-0.39, 0.29) is 11.8 Å². The first kappa shape index (κ1) is 15.4. The van der Waals surface area contributed by atoms with Crippen LogP contribution in [0.4, 0.5) is 5.95 Å². The molecule has 0 spiro atoms. The third-order valence-electron chi connectivity index (χ3n) is 3.75. The van der Waals surface area contributed by atoms with Crippen molar-refractivity contribution >= 4 is 15.8 Å². The van der Waals surface area contributed by atoms with Crippen LogP contribution in [0.5, 0.6) is 0 Å². The fourth-order valence-electron chi connectivity index (χ4n) is 2.98. The molecule has 1 saturated carbocycles. The molecule has 1 aliphatic carbocycles. The summed E-state index contributed by atoms with van der Waals surface area (Å²) in [5, 5.41) is 3.26. The summed E-state index contributed by atoms with van der Waals surface area (Å²) in [6.07, 6.45) is 9.56. The van der Waals surface area contributed by atoms with Crippen molar-refractivity contribution in [1.82, 2.24) is 9.55 Å². The SMILES string of the molecule is Cc1cn(C2CCCCC2)c(NC(C)CS(C)(=O)=O)n1. The third-order valence-corrected chi connectivity index (χ3v) is 4.85. The van der Waals surface area contributed by atoms with Gasteiger partial charge in [0.05, 0.1) is 11.4 Å². The molecule has 1 N–H and O–H groups in total. The number of imidazole rings is 1. The molecule has 0 radical (unpaired) electrons. The minimum Gasteiger partial charge on any atom is -0.352 e. The average Bonchev–Trinajstić information content (AvgIpc) is 2.68. The molecule has 0 aliphatic heterocycles. The Balaban J connectivity index is 2.11. The number of aryl methyl sites for hydroxylation is 1. The van der Waals surface area contributed by atoms with Gasteiger partial charge in [0.15, 0.2) is 0 Å². The molecular weight excluding hydrogens is 274 g/mol. The Kier molecular flexibility index (Phi) is 4.73. The number of nitrogens with one attached hydrogen (secondary N) is 1. The number of hydrogen-bond donors (Lipinski definition) is 1. The lowest BCUT2D eigenvalue weighted by molar-refractivity contribution is 0.355. The van der Waals surface area contributed by atoms with Crippen molar-refractivity contribution in [3.63, 3.8) is 0 Å². The lowest BCUT2D eigenvalue weighted by atomic mass is 9.95. The van der Waals surface area contributed by atoms with Crippen molar-refractivity contribution in [3.8, 4) is 0 Å². The van der Waals surface area contributed by atoms with Gasteiger partial charge in [-0.1, -0.05) is 19.3 Å². The van der Waals surface area contributed by atoms with E-state index in [9.17, 15) is 8.42 Å². The molecule has 20 heavy (non-hydrogen) atoms. The van der Waals surface area contributed by atoms with E-state index >= 15 is 0 Å². The standard InChI is InChI=1S/C14H25N3O2S/c1-11-9-17(13-7-5-4-6-8-13)14(15-11)16-12(2)10-20(3,18)19/h9,12-13H,4-8,10H2,1-3H3,(H,15,16). The van der Waals surface area contributed by atoms with Crippen LogP contribution in [0, 0.1) is 6.92 Å². The highest BCUT2D eigenvalue weighted by Crippen LogP contribution is 2.30. The second kappa shape index (κ2) is 6.16. The van der Waals surface area contributed by atoms with Crippen LogP contribution in [-0.2, 0) is 9.84 Å². The van der Waals surface area contributed by atoms with Gasteiger partial charge in [0, 0.05) is 24.5 Å². The van der Waals surface area contributed by atoms with Crippen molar-refractivity contribution in [1.29, 1.82) is 0 Å². The van der Waals surface area contributed by atoms with E-state index in [1.807, 2.05) is 13.8 Å². The Hall–Kier alpha value is -1.04. The number of nitrogens with zero attached hydrogens (tertiary/aromatic N) is 2. The molecule has 1 heterocycles. The van der Waals surface area contributed by atoms with Crippen LogP contribution < -0.4 is 5.32 Å². The molecule has 1 aromatic rings. The first-order valence-corrected chi connectivity index (χ1v) is 9.41. The van der Waals surface area contributed by atoms with Gasteiger partial charge < -0.3 is 9.88 Å². The second-order valence-electron chi connectivity index (χ2n) is 6.04. The largest absolute Gasteiger partial charge is 0.352 e. The van der Waals surface area contributed by atoms with E-state index in [0.717, 1.165) is 11.6 Å². The average molecular weight is 299 g/mol. The van der Waals surface area contributed by atoms with E-state index in [0.29, 0.717) is 6.04 Å². The molecule has 1 fully saturated rings. The van der Waals surface area contributed by atoms with E-state index in [1.54, 1.807) is 0 Å². The molecule has 2 rings (SSSR count). The Morgan fingerprint density at radius 2 is 2.05 bits per heavy atom. The van der Waals surface area contributed by atoms with Crippen LogP contribution in [0.15, 0.2) is 6.20 Å². The van der Waals surface area contributed by atoms with E-state index in [1.165, 1.54) is 38.4 Å². The first-order chi connectivity index (χ1) is 9.35. The highest BCUT2D eigenvalue weighted by Gasteiger charge is 2.20. The fraction of sp³-hybridized carbons (Fsp3) is 0.786. The molecule has 0 aromatic carbocycles. The van der Waals surface area contributed by atoms with Crippen molar-refractivity contribution in [2.24, 2.45) is 0 Å². The van der Waals surface area contributed by atoms with Crippen molar-refractivity contribution < 1.29 is 8.42 Å². The number of hydrogen-bond acceptors (Lipinski definition) is 4. The second-order valence-corrected chi connectivity index (χ2v) is 8.23. The van der Waals surface area contributed by atoms with Gasteiger partial charge in [0.2, 0.25) is 5.95 Å². The van der Waals surface area contributed by atoms with Gasteiger partial charge in [-0.25, -0.2) is 13.4 Å². The molecule has 1 unspecified atom stereocenters. The van der Waals surface area contributed by atoms with Gasteiger partial charge in [-0.15, -0.1) is 0 Å². The van der Waals surface area contributed by atoms with E-state index < -0.39 is 9.84 Å². The highest BCUT2D eigenvalue weighted by molar-refractivity contribution is 7.90. The van der Waals surface area contributed by atoms with Gasteiger partial charge in [0.1, 0.15) is 9.84 Å². The van der Waals surface area contributed by atoms with Gasteiger partial charge >= 0.3 is 0 Å². The third kappa shape index (κ3) is 4.23. The number of anilines is 1. The summed E-state index contributed by atoms with van der Waals surface area (Å²) in [4.78, 5) is 4.51. The summed E-state index contributed by atoms with van der Waals surface area (Å²) in [7, 11) is -2.97. The van der Waals surface area contributed by atoms with Crippen molar-refractivity contribution in [3.05, 3.63) is 11.9 Å². The van der Waals surface area contributed by atoms with Crippen LogP contribution in [0.3, 0.4) is 0 Å². The fourth-order valence-corrected chi connectivity index (χ4v) is 3.97. The normalized spacial score (nSPS) is 18.9. The number of sulfone groups is 1. The summed E-state index contributed by atoms with van der Waals surface area (Å²) in [6, 6.07) is 0.368. The number of aromatic nitrogens is 2. The van der Waals surface area contributed by atoms with Gasteiger partial charge in [-0.2, -0.15) is 0 Å². The Labute approximate surface area is 121 Å². The maximum atomic E-state index is 11.4. The van der Waals surface area contributed by atoms with Gasteiger partial charge in [-0.05, 0) is 26.7 Å². The molecule has 1 aliphatic rings. The van der Waals surface area contributed by atoms with Crippen LogP contribution in [0.2, 0.25) is 0 Å². The lowest BCUT2D eigenvalue weighted by Gasteiger charge is -2.25. The topological polar surface area (TPSA) is 64.0 Å². The predicted octanol–water partition coefficient (Wildman–Crippen LogP) is 2.54. The summed E-state index contributed by atoms with van der Waals surface area (Å²) in [5.41, 5.74) is 0.977. The molecule has 1 aromatic heterocycles. The number of rotatable bonds is 5. The molecule has 6 heteroatoms. The molecule has 5 nitrogen and oxygen atoms in total. The smallest absolute Gasteiger partial charge is 0.203 e. The highest BCUT2D eigenvalue weighted by atomic mass is 32.2. The summed E-state index contributed by atoms with van der Waals surface area (Å²) >= 11 is 0. The van der Waals surface area contributed by atoms with Crippen LogP contribution in [-0.4, -0.2) is 36.0 Å². The predicted molar refractivity (Wildman–Crippen MR) is 81.9 cm³/mol. The zero-order chi connectivity index (χ0) is 14.8. The summed E-state index contributed by atoms with van der Waals surface area (Å²) in [5.74, 6) is 0.939. The molecule has 114 valence electrons. The van der Waals surface area contributed by atoms with Crippen molar-refractivity contribution in [2.45, 2.75) is 58.0 Å². The molecule has 0 bridgehead atoms. The van der Waals surface area contributed by atoms with Gasteiger partial charge in [-0.3, -0.25) is 0 Å². The van der Waals surface area contributed by atoms with Crippen LogP contribution in [0.25, 0.3) is 0 Å². The van der Waals surface area contributed by atoms with Crippen molar-refractivity contribution in [2.75, 3.05) is 17.3 Å². The Morgan fingerprint density at radius 1 is 1.40 bits per heavy atom. The molecular formula is C14H25N3O2S. The minimum absolute atomic E-state index is 0.129. The molecule has 0 amide bonds. The van der Waals surface area contributed by atoms with E-state index in [2.05, 4.69) is 21.1 Å². The zero-order valence-electron chi connectivity index (χ0n) is 12.6. The molecule has 1 atom stereocenters. The van der Waals surface area contributed by atoms with Crippen LogP contribution in [0.1, 0.15) is 50.8 Å². The van der Waals surface area contributed by atoms with Crippen LogP contribution >= 0.6 is 0 Å². The Morgan fingerprint density at radius 3 is 2.65 bits per heavy atom. The van der Waals surface area contributed by atoms with Gasteiger partial charge in [0.25, 0.3) is 0 Å². The monoisotopic (exact) mass is 299 g/mol. The summed E-state index contributed by atoms with van der Waals surface area (Å²) in [6.45, 7) is 3.86. The quantitative estimate of drug-likeness (QED) is 0.907. The summed E-state index contributed by atoms with van der Waals surface area (Å²) < 4.78 is 24.9. The zero-order valence-corrected chi connectivity index (χ0v) is 13.4.